The second kappa shape index (κ2) is 21.1. The fourth-order valence-electron chi connectivity index (χ4n) is 3.35. The molecule has 8 N–H and O–H groups in total. The molecule has 0 saturated carbocycles. The summed E-state index contributed by atoms with van der Waals surface area (Å²) >= 11 is 0. The number of hydrogen-bond donors (Lipinski definition) is 7. The van der Waals surface area contributed by atoms with Gasteiger partial charge in [0, 0.05) is 38.2 Å². The zero-order valence-electron chi connectivity index (χ0n) is 23.2. The van der Waals surface area contributed by atoms with Crippen LogP contribution in [0.3, 0.4) is 0 Å². The second-order valence-corrected chi connectivity index (χ2v) is 8.30. The van der Waals surface area contributed by atoms with E-state index in [9.17, 15) is 38.9 Å². The van der Waals surface area contributed by atoms with Crippen LogP contribution < -0.4 is 5.73 Å². The molecule has 0 saturated heterocycles. The monoisotopic (exact) mass is 737 g/mol. The van der Waals surface area contributed by atoms with Crippen LogP contribution in [0.4, 0.5) is 11.4 Å². The van der Waals surface area contributed by atoms with Crippen LogP contribution in [0.2, 0.25) is 0 Å². The van der Waals surface area contributed by atoms with E-state index in [1.807, 2.05) is 0 Å². The number of nitro benzene ring substituents is 1. The molecule has 0 aliphatic rings. The van der Waals surface area contributed by atoms with Gasteiger partial charge in [-0.15, -0.1) is 0 Å². The van der Waals surface area contributed by atoms with E-state index in [4.69, 9.17) is 36.4 Å². The van der Waals surface area contributed by atoms with Gasteiger partial charge in [0.05, 0.1) is 40.9 Å². The van der Waals surface area contributed by atoms with Crippen molar-refractivity contribution in [2.75, 3.05) is 5.73 Å². The predicted molar refractivity (Wildman–Crippen MR) is 158 cm³/mol. The number of benzene rings is 3. The number of carboxylic acid groups (broad SMARTS) is 6. The molecule has 0 unspecified atom stereocenters. The Hall–Kier alpha value is -5.66. The van der Waals surface area contributed by atoms with Gasteiger partial charge in [-0.25, -0.2) is 14.4 Å². The van der Waals surface area contributed by atoms with Gasteiger partial charge < -0.3 is 43.8 Å². The van der Waals surface area contributed by atoms with Crippen molar-refractivity contribution in [2.24, 2.45) is 0 Å². The van der Waals surface area contributed by atoms with Crippen molar-refractivity contribution in [3.8, 4) is 0 Å². The molecule has 0 spiro atoms. The number of nitrogens with two attached hydrogens (primary N) is 1. The first-order valence-electron chi connectivity index (χ1n) is 11.6. The fraction of sp³-hybridized carbons (Fsp3) is 0.138. The van der Waals surface area contributed by atoms with Crippen LogP contribution in [-0.4, -0.2) is 71.4 Å². The Balaban J connectivity index is -0.000000587. The standard InChI is InChI=1S/C9H7NO6.C9H9NO4.C9H8O4.CH4.CH3.Pd/c11-8(12)3-5-1-2-6(10(15)16)4-7(5)9(13)14;10-6-2-1-5(3-8(11)12)7(4-6)9(13)14;10-8(11)5-6-3-1-2-4-7(6)9(12)13;;;/h1-2,4H,3H2,(H,11,12)(H,13,14);1-2,4H,3,10H2,(H,11,12)(H,13,14);1-4H,5H2,(H,10,11)(H,12,13);1H4;1H3;/q;;;;-1;. The number of rotatable bonds is 10. The van der Waals surface area contributed by atoms with Gasteiger partial charge in [-0.3, -0.25) is 24.5 Å². The molecular weight excluding hydrogens is 707 g/mol. The summed E-state index contributed by atoms with van der Waals surface area (Å²) in [6.07, 6.45) is -1.07. The molecule has 16 nitrogen and oxygen atoms in total. The molecule has 0 fully saturated rings. The van der Waals surface area contributed by atoms with E-state index in [1.54, 1.807) is 12.1 Å². The zero-order chi connectivity index (χ0) is 32.9. The molecule has 3 aromatic rings. The van der Waals surface area contributed by atoms with E-state index in [2.05, 4.69) is 0 Å². The molecular formula is C29H31N2O14Pd-. The number of nitro groups is 1. The fourth-order valence-corrected chi connectivity index (χ4v) is 3.35. The SMILES string of the molecule is C.Nc1ccc(CC(=O)O)c(C(=O)O)c1.O=C(O)Cc1ccc([N+](=O)[O-])cc1C(=O)O.O=C(O)Cc1ccccc1C(=O)O.[CH3-].[Pd]. The van der Waals surface area contributed by atoms with Crippen molar-refractivity contribution >= 4 is 47.2 Å². The van der Waals surface area contributed by atoms with E-state index in [-0.39, 0.29) is 81.6 Å². The molecule has 3 aromatic carbocycles. The van der Waals surface area contributed by atoms with E-state index in [0.29, 0.717) is 11.3 Å². The Morgan fingerprint density at radius 2 is 0.978 bits per heavy atom. The number of anilines is 1. The summed E-state index contributed by atoms with van der Waals surface area (Å²) in [6.45, 7) is 0. The predicted octanol–water partition coefficient (Wildman–Crippen LogP) is 3.61. The average Bonchev–Trinajstić information content (AvgIpc) is 2.89. The molecule has 46 heavy (non-hydrogen) atoms. The molecule has 0 amide bonds. The summed E-state index contributed by atoms with van der Waals surface area (Å²) in [6, 6.07) is 13.3. The minimum Gasteiger partial charge on any atom is -0.481 e. The summed E-state index contributed by atoms with van der Waals surface area (Å²) < 4.78 is 0. The zero-order valence-corrected chi connectivity index (χ0v) is 24.7. The van der Waals surface area contributed by atoms with E-state index in [1.165, 1.54) is 30.3 Å². The smallest absolute Gasteiger partial charge is 0.336 e. The van der Waals surface area contributed by atoms with Gasteiger partial charge in [-0.1, -0.05) is 37.8 Å². The molecule has 0 aromatic heterocycles. The number of aliphatic carboxylic acids is 3. The van der Waals surface area contributed by atoms with E-state index in [0.717, 1.165) is 18.2 Å². The van der Waals surface area contributed by atoms with Crippen LogP contribution >= 0.6 is 0 Å². The first kappa shape index (κ1) is 44.8. The Morgan fingerprint density at radius 3 is 1.37 bits per heavy atom. The number of carbonyl (C=O) groups is 6. The molecule has 252 valence electrons. The van der Waals surface area contributed by atoms with Gasteiger partial charge in [0.2, 0.25) is 0 Å². The van der Waals surface area contributed by atoms with Crippen molar-refractivity contribution in [3.05, 3.63) is 112 Å². The molecule has 0 radical (unpaired) electrons. The third kappa shape index (κ3) is 15.2. The number of nitrogens with zero attached hydrogens (tertiary/aromatic N) is 1. The topological polar surface area (TPSA) is 293 Å². The maximum atomic E-state index is 10.8. The van der Waals surface area contributed by atoms with Crippen molar-refractivity contribution < 1.29 is 84.8 Å². The third-order valence-electron chi connectivity index (χ3n) is 5.17. The van der Waals surface area contributed by atoms with Gasteiger partial charge >= 0.3 is 35.8 Å². The summed E-state index contributed by atoms with van der Waals surface area (Å²) in [5.41, 5.74) is 5.53. The molecule has 0 heterocycles. The van der Waals surface area contributed by atoms with Crippen LogP contribution in [0.25, 0.3) is 0 Å². The summed E-state index contributed by atoms with van der Waals surface area (Å²) in [7, 11) is 0. The number of aromatic carboxylic acids is 3. The first-order valence-corrected chi connectivity index (χ1v) is 11.6. The van der Waals surface area contributed by atoms with Crippen LogP contribution in [0.15, 0.2) is 60.7 Å². The van der Waals surface area contributed by atoms with Crippen LogP contribution in [0.1, 0.15) is 55.2 Å². The number of non-ortho nitro benzene ring substituents is 1. The average molecular weight is 738 g/mol. The van der Waals surface area contributed by atoms with Gasteiger partial charge in [0.15, 0.2) is 0 Å². The Morgan fingerprint density at radius 1 is 0.609 bits per heavy atom. The Labute approximate surface area is 275 Å². The molecule has 3 rings (SSSR count). The number of carboxylic acids is 6. The summed E-state index contributed by atoms with van der Waals surface area (Å²) in [5, 5.41) is 62.1. The van der Waals surface area contributed by atoms with Crippen molar-refractivity contribution in [3.63, 3.8) is 0 Å². The largest absolute Gasteiger partial charge is 0.481 e. The van der Waals surface area contributed by atoms with Crippen LogP contribution in [0.5, 0.6) is 0 Å². The van der Waals surface area contributed by atoms with Crippen LogP contribution in [0, 0.1) is 17.5 Å². The van der Waals surface area contributed by atoms with Gasteiger partial charge in [-0.2, -0.15) is 0 Å². The van der Waals surface area contributed by atoms with Crippen LogP contribution in [-0.2, 0) is 54.1 Å². The molecule has 17 heteroatoms. The normalized spacial score (nSPS) is 9.04. The Bertz CT molecular complexity index is 1570. The number of hydrogen-bond acceptors (Lipinski definition) is 9. The van der Waals surface area contributed by atoms with Gasteiger partial charge in [0.1, 0.15) is 0 Å². The molecule has 0 bridgehead atoms. The summed E-state index contributed by atoms with van der Waals surface area (Å²) in [4.78, 5) is 72.9. The molecule has 0 aliphatic carbocycles. The second-order valence-electron chi connectivity index (χ2n) is 8.30. The maximum Gasteiger partial charge on any atom is 0.336 e. The van der Waals surface area contributed by atoms with Crippen molar-refractivity contribution in [2.45, 2.75) is 26.7 Å². The third-order valence-corrected chi connectivity index (χ3v) is 5.17. The minimum atomic E-state index is -1.39. The maximum absolute atomic E-state index is 10.8. The van der Waals surface area contributed by atoms with Crippen molar-refractivity contribution in [1.82, 2.24) is 0 Å². The Kier molecular flexibility index (Phi) is 20.6. The van der Waals surface area contributed by atoms with E-state index >= 15 is 0 Å². The van der Waals surface area contributed by atoms with Crippen molar-refractivity contribution in [1.29, 1.82) is 0 Å². The molecule has 0 atom stereocenters. The van der Waals surface area contributed by atoms with Gasteiger partial charge in [-0.05, 0) is 34.9 Å². The summed E-state index contributed by atoms with van der Waals surface area (Å²) in [5.74, 6) is -6.97. The first-order chi connectivity index (χ1) is 20.0. The molecule has 0 aliphatic heterocycles. The van der Waals surface area contributed by atoms with Gasteiger partial charge in [0.25, 0.3) is 5.69 Å². The minimum absolute atomic E-state index is 0. The van der Waals surface area contributed by atoms with E-state index < -0.39 is 47.2 Å². The number of nitrogen functional groups attached to an aromatic ring is 1. The quantitative estimate of drug-likeness (QED) is 0.0514.